The largest absolute Gasteiger partial charge is 0.350 e. The fourth-order valence-electron chi connectivity index (χ4n) is 8.36. The van der Waals surface area contributed by atoms with Crippen molar-refractivity contribution in [3.63, 3.8) is 0 Å². The van der Waals surface area contributed by atoms with Crippen LogP contribution in [0.1, 0.15) is 58.8 Å². The molecule has 2 spiro atoms. The highest BCUT2D eigenvalue weighted by Crippen LogP contribution is 2.70. The van der Waals surface area contributed by atoms with Gasteiger partial charge in [0, 0.05) is 24.2 Å². The third kappa shape index (κ3) is 2.07. The van der Waals surface area contributed by atoms with E-state index in [1.165, 1.54) is 5.57 Å². The zero-order valence-electron chi connectivity index (χ0n) is 17.3. The van der Waals surface area contributed by atoms with E-state index >= 15 is 0 Å². The molecule has 0 aromatic heterocycles. The lowest BCUT2D eigenvalue weighted by molar-refractivity contribution is -0.246. The summed E-state index contributed by atoms with van der Waals surface area (Å²) in [5.41, 5.74) is 0.103. The molecule has 2 heterocycles. The van der Waals surface area contributed by atoms with E-state index < -0.39 is 11.4 Å². The summed E-state index contributed by atoms with van der Waals surface area (Å²) in [6, 6.07) is 0. The predicted molar refractivity (Wildman–Crippen MR) is 102 cm³/mol. The molecule has 3 saturated carbocycles. The van der Waals surface area contributed by atoms with Crippen molar-refractivity contribution in [2.24, 2.45) is 28.6 Å². The predicted octanol–water partition coefficient (Wildman–Crippen LogP) is 3.14. The van der Waals surface area contributed by atoms with Gasteiger partial charge in [-0.1, -0.05) is 19.4 Å². The topological polar surface area (TPSA) is 71.1 Å². The van der Waals surface area contributed by atoms with E-state index in [0.29, 0.717) is 37.1 Å². The van der Waals surface area contributed by atoms with E-state index in [-0.39, 0.29) is 36.1 Å². The van der Waals surface area contributed by atoms with Gasteiger partial charge < -0.3 is 18.9 Å². The molecule has 0 bridgehead atoms. The van der Waals surface area contributed by atoms with E-state index in [9.17, 15) is 9.59 Å². The first-order chi connectivity index (χ1) is 13.9. The lowest BCUT2D eigenvalue weighted by atomic mass is 9.45. The van der Waals surface area contributed by atoms with E-state index in [1.807, 2.05) is 6.08 Å². The normalized spacial score (nSPS) is 53.9. The molecule has 6 rings (SSSR count). The molecule has 7 atom stereocenters. The maximum Gasteiger partial charge on any atom is 0.226 e. The van der Waals surface area contributed by atoms with Crippen LogP contribution in [-0.4, -0.2) is 43.1 Å². The molecule has 158 valence electrons. The first-order valence-corrected chi connectivity index (χ1v) is 11.1. The van der Waals surface area contributed by atoms with Gasteiger partial charge in [0.15, 0.2) is 19.4 Å². The summed E-state index contributed by atoms with van der Waals surface area (Å²) >= 11 is 0. The number of hydrogen-bond donors (Lipinski definition) is 0. The first-order valence-electron chi connectivity index (χ1n) is 11.1. The minimum atomic E-state index is -0.884. The molecule has 4 aliphatic carbocycles. The molecule has 2 aliphatic heterocycles. The van der Waals surface area contributed by atoms with E-state index in [0.717, 1.165) is 32.1 Å². The van der Waals surface area contributed by atoms with Crippen molar-refractivity contribution < 1.29 is 28.5 Å². The summed E-state index contributed by atoms with van der Waals surface area (Å²) in [5.74, 6) is 0.416. The molecule has 5 fully saturated rings. The smallest absolute Gasteiger partial charge is 0.226 e. The van der Waals surface area contributed by atoms with Crippen molar-refractivity contribution in [2.75, 3.05) is 20.2 Å². The highest BCUT2D eigenvalue weighted by molar-refractivity contribution is 5.93. The molecular weight excluding hydrogens is 372 g/mol. The monoisotopic (exact) mass is 402 g/mol. The number of carbonyl (C=O) groups is 2. The van der Waals surface area contributed by atoms with Crippen molar-refractivity contribution in [3.05, 3.63) is 11.6 Å². The minimum Gasteiger partial charge on any atom is -0.350 e. The summed E-state index contributed by atoms with van der Waals surface area (Å²) in [7, 11) is 0. The van der Waals surface area contributed by atoms with Gasteiger partial charge in [0.1, 0.15) is 18.0 Å². The highest BCUT2D eigenvalue weighted by atomic mass is 16.9. The van der Waals surface area contributed by atoms with Crippen molar-refractivity contribution in [3.8, 4) is 0 Å². The number of rotatable bonds is 0. The Kier molecular flexibility index (Phi) is 3.72. The number of Topliss-reactive ketones (excluding diaryl/α,β-unsaturated/α-hetero) is 1. The maximum atomic E-state index is 13.8. The van der Waals surface area contributed by atoms with Gasteiger partial charge in [-0.15, -0.1) is 0 Å². The number of fused-ring (bicyclic) bond motifs is 7. The van der Waals surface area contributed by atoms with Crippen LogP contribution in [0.15, 0.2) is 11.6 Å². The number of ketones is 2. The van der Waals surface area contributed by atoms with Crippen LogP contribution in [-0.2, 0) is 28.5 Å². The Morgan fingerprint density at radius 1 is 1.00 bits per heavy atom. The van der Waals surface area contributed by atoms with Gasteiger partial charge in [-0.25, -0.2) is 0 Å². The number of hydrogen-bond acceptors (Lipinski definition) is 6. The molecule has 2 saturated heterocycles. The van der Waals surface area contributed by atoms with Crippen LogP contribution >= 0.6 is 0 Å². The lowest BCUT2D eigenvalue weighted by Gasteiger charge is -2.59. The van der Waals surface area contributed by atoms with E-state index in [2.05, 4.69) is 13.8 Å². The molecule has 6 nitrogen and oxygen atoms in total. The zero-order chi connectivity index (χ0) is 20.1. The van der Waals surface area contributed by atoms with Gasteiger partial charge >= 0.3 is 0 Å². The van der Waals surface area contributed by atoms with Crippen LogP contribution in [0.25, 0.3) is 0 Å². The maximum absolute atomic E-state index is 13.8. The molecule has 1 unspecified atom stereocenters. The highest BCUT2D eigenvalue weighted by Gasteiger charge is 2.76. The second kappa shape index (κ2) is 5.78. The standard InChI is InChI=1S/C23H30O6/c1-20-7-5-15(24)9-14(20)3-4-16-17-6-8-22(21(17,2)10-18(25)19(16)20)23(29-13-27-22)11-26-12-28-23/h9,16-17,19H,3-8,10-13H2,1-2H3/t16-,17-,19+,20-,21-,22+,23?/m0/s1. The molecule has 0 N–H and O–H groups in total. The molecule has 0 aromatic carbocycles. The van der Waals surface area contributed by atoms with Crippen molar-refractivity contribution in [1.82, 2.24) is 0 Å². The lowest BCUT2D eigenvalue weighted by Crippen LogP contribution is -2.65. The summed E-state index contributed by atoms with van der Waals surface area (Å²) in [5, 5.41) is 0. The van der Waals surface area contributed by atoms with E-state index in [1.54, 1.807) is 0 Å². The summed E-state index contributed by atoms with van der Waals surface area (Å²) < 4.78 is 24.0. The fourth-order valence-corrected chi connectivity index (χ4v) is 8.36. The summed E-state index contributed by atoms with van der Waals surface area (Å²) in [6.45, 7) is 5.24. The van der Waals surface area contributed by atoms with Crippen molar-refractivity contribution in [2.45, 2.75) is 70.2 Å². The Morgan fingerprint density at radius 2 is 1.83 bits per heavy atom. The third-order valence-corrected chi connectivity index (χ3v) is 9.65. The van der Waals surface area contributed by atoms with Gasteiger partial charge in [0.25, 0.3) is 0 Å². The second-order valence-electron chi connectivity index (χ2n) is 10.5. The van der Waals surface area contributed by atoms with Gasteiger partial charge in [0.05, 0.1) is 0 Å². The molecule has 0 radical (unpaired) electrons. The minimum absolute atomic E-state index is 0.0165. The zero-order valence-corrected chi connectivity index (χ0v) is 17.3. The number of allylic oxidation sites excluding steroid dienone is 1. The number of ether oxygens (including phenoxy) is 4. The van der Waals surface area contributed by atoms with Crippen LogP contribution < -0.4 is 0 Å². The molecule has 0 amide bonds. The quantitative estimate of drug-likeness (QED) is 0.620. The molecule has 6 heteroatoms. The molecule has 6 aliphatic rings. The first kappa shape index (κ1) is 18.7. The van der Waals surface area contributed by atoms with Crippen LogP contribution in [0.4, 0.5) is 0 Å². The Morgan fingerprint density at radius 3 is 2.62 bits per heavy atom. The Hall–Kier alpha value is -1.08. The van der Waals surface area contributed by atoms with Crippen LogP contribution in [0, 0.1) is 28.6 Å². The average molecular weight is 402 g/mol. The Balaban J connectivity index is 1.42. The third-order valence-electron chi connectivity index (χ3n) is 9.65. The summed E-state index contributed by atoms with van der Waals surface area (Å²) in [4.78, 5) is 25.8. The van der Waals surface area contributed by atoms with Gasteiger partial charge in [-0.05, 0) is 55.4 Å². The molecule has 0 aromatic rings. The summed E-state index contributed by atoms with van der Waals surface area (Å²) in [6.07, 6.45) is 7.48. The van der Waals surface area contributed by atoms with Gasteiger partial charge in [-0.3, -0.25) is 9.59 Å². The molecular formula is C23H30O6. The van der Waals surface area contributed by atoms with Gasteiger partial charge in [-0.2, -0.15) is 0 Å². The van der Waals surface area contributed by atoms with Crippen LogP contribution in [0.2, 0.25) is 0 Å². The Bertz CT molecular complexity index is 807. The SMILES string of the molecule is C[C@]12CCC(=O)C=C1CC[C@@H]1[C@@H]2C(=O)C[C@@]2(C)[C@H]1CC[C@@]21OCOC12COCO2. The van der Waals surface area contributed by atoms with Gasteiger partial charge in [0.2, 0.25) is 5.79 Å². The van der Waals surface area contributed by atoms with Crippen LogP contribution in [0.3, 0.4) is 0 Å². The van der Waals surface area contributed by atoms with E-state index in [4.69, 9.17) is 18.9 Å². The second-order valence-corrected chi connectivity index (χ2v) is 10.5. The average Bonchev–Trinajstić information content (AvgIpc) is 3.37. The van der Waals surface area contributed by atoms with Crippen molar-refractivity contribution >= 4 is 11.6 Å². The Labute approximate surface area is 171 Å². The fraction of sp³-hybridized carbons (Fsp3) is 0.826. The molecule has 29 heavy (non-hydrogen) atoms. The van der Waals surface area contributed by atoms with Crippen LogP contribution in [0.5, 0.6) is 0 Å². The van der Waals surface area contributed by atoms with Crippen molar-refractivity contribution in [1.29, 1.82) is 0 Å². The number of carbonyl (C=O) groups excluding carboxylic acids is 2.